The van der Waals surface area contributed by atoms with Gasteiger partial charge in [-0.1, -0.05) is 31.2 Å². The Kier molecular flexibility index (Phi) is 5.27. The number of Topliss-reactive ketones (excluding diaryl/α,β-unsaturated/α-hetero) is 1. The first-order valence-electron chi connectivity index (χ1n) is 11.3. The summed E-state index contributed by atoms with van der Waals surface area (Å²) in [5.74, 6) is -0.0196. The molecule has 0 fully saturated rings. The second kappa shape index (κ2) is 8.09. The summed E-state index contributed by atoms with van der Waals surface area (Å²) in [6.45, 7) is 2.12. The van der Waals surface area contributed by atoms with Crippen molar-refractivity contribution in [1.29, 1.82) is 5.26 Å². The van der Waals surface area contributed by atoms with E-state index in [0.29, 0.717) is 18.4 Å². The predicted molar refractivity (Wildman–Crippen MR) is 122 cm³/mol. The number of amides is 1. The molecule has 5 rings (SSSR count). The summed E-state index contributed by atoms with van der Waals surface area (Å²) in [6, 6.07) is 10.7. The first kappa shape index (κ1) is 20.2. The number of anilines is 1. The van der Waals surface area contributed by atoms with Gasteiger partial charge >= 0.3 is 0 Å². The lowest BCUT2D eigenvalue weighted by atomic mass is 9.77. The molecule has 0 N–H and O–H groups in total. The van der Waals surface area contributed by atoms with Crippen LogP contribution in [0.4, 0.5) is 5.00 Å². The van der Waals surface area contributed by atoms with Crippen molar-refractivity contribution in [3.63, 3.8) is 0 Å². The van der Waals surface area contributed by atoms with Gasteiger partial charge in [0.2, 0.25) is 5.91 Å². The number of fused-ring (bicyclic) bond motifs is 1. The lowest BCUT2D eigenvalue weighted by molar-refractivity contribution is -0.119. The molecule has 1 aromatic heterocycles. The zero-order chi connectivity index (χ0) is 21.5. The Labute approximate surface area is 187 Å². The Morgan fingerprint density at radius 3 is 2.58 bits per heavy atom. The van der Waals surface area contributed by atoms with Crippen LogP contribution in [-0.2, 0) is 28.9 Å². The normalized spacial score (nSPS) is 21.0. The molecule has 1 aromatic carbocycles. The van der Waals surface area contributed by atoms with Gasteiger partial charge in [0.05, 0.1) is 5.56 Å². The number of rotatable bonds is 3. The Hall–Kier alpha value is -2.71. The van der Waals surface area contributed by atoms with Gasteiger partial charge in [-0.25, -0.2) is 0 Å². The summed E-state index contributed by atoms with van der Waals surface area (Å²) in [4.78, 5) is 29.6. The number of nitriles is 1. The van der Waals surface area contributed by atoms with Crippen LogP contribution in [0.1, 0.15) is 78.5 Å². The quantitative estimate of drug-likeness (QED) is 0.638. The maximum Gasteiger partial charge on any atom is 0.232 e. The first-order chi connectivity index (χ1) is 15.1. The van der Waals surface area contributed by atoms with Crippen LogP contribution in [0, 0.1) is 11.3 Å². The fourth-order valence-corrected chi connectivity index (χ4v) is 6.70. The van der Waals surface area contributed by atoms with E-state index in [9.17, 15) is 14.9 Å². The van der Waals surface area contributed by atoms with Crippen LogP contribution in [0.3, 0.4) is 0 Å². The number of hydrogen-bond acceptors (Lipinski definition) is 4. The van der Waals surface area contributed by atoms with E-state index in [2.05, 4.69) is 37.3 Å². The number of aryl methyl sites for hydroxylation is 2. The average Bonchev–Trinajstić information content (AvgIpc) is 3.16. The largest absolute Gasteiger partial charge is 0.294 e. The molecule has 31 heavy (non-hydrogen) atoms. The second-order valence-electron chi connectivity index (χ2n) is 8.72. The van der Waals surface area contributed by atoms with E-state index >= 15 is 0 Å². The number of nitrogens with zero attached hydrogens (tertiary/aromatic N) is 2. The lowest BCUT2D eigenvalue weighted by Crippen LogP contribution is -2.40. The standard InChI is InChI=1S/C26H26N2O2S/c1-2-16-10-12-17(13-11-16)19-14-24(30)28(21-7-5-8-22(29)25(19)21)26-20(15-27)18-6-3-4-9-23(18)31-26/h10-13,19H,2-9,14H2,1H3/t19-/m1/s1. The monoisotopic (exact) mass is 430 g/mol. The van der Waals surface area contributed by atoms with Gasteiger partial charge in [0.15, 0.2) is 5.78 Å². The van der Waals surface area contributed by atoms with Gasteiger partial charge in [0, 0.05) is 34.9 Å². The van der Waals surface area contributed by atoms with Crippen molar-refractivity contribution in [3.8, 4) is 6.07 Å². The van der Waals surface area contributed by atoms with E-state index in [-0.39, 0.29) is 24.0 Å². The van der Waals surface area contributed by atoms with Gasteiger partial charge in [0.25, 0.3) is 0 Å². The van der Waals surface area contributed by atoms with Crippen LogP contribution < -0.4 is 4.90 Å². The maximum absolute atomic E-state index is 13.5. The second-order valence-corrected chi connectivity index (χ2v) is 9.80. The topological polar surface area (TPSA) is 61.2 Å². The van der Waals surface area contributed by atoms with Crippen molar-refractivity contribution >= 4 is 28.0 Å². The molecule has 4 nitrogen and oxygen atoms in total. The smallest absolute Gasteiger partial charge is 0.232 e. The van der Waals surface area contributed by atoms with Gasteiger partial charge < -0.3 is 0 Å². The highest BCUT2D eigenvalue weighted by Crippen LogP contribution is 2.48. The van der Waals surface area contributed by atoms with Crippen LogP contribution in [0.2, 0.25) is 0 Å². The molecule has 0 bridgehead atoms. The minimum absolute atomic E-state index is 0.00751. The summed E-state index contributed by atoms with van der Waals surface area (Å²) in [5, 5.41) is 10.7. The van der Waals surface area contributed by atoms with Crippen LogP contribution in [-0.4, -0.2) is 11.7 Å². The number of benzene rings is 1. The van der Waals surface area contributed by atoms with Crippen molar-refractivity contribution in [2.75, 3.05) is 4.90 Å². The summed E-state index contributed by atoms with van der Waals surface area (Å²) in [7, 11) is 0. The zero-order valence-electron chi connectivity index (χ0n) is 17.9. The Morgan fingerprint density at radius 2 is 1.84 bits per heavy atom. The molecule has 3 aliphatic rings. The van der Waals surface area contributed by atoms with Crippen molar-refractivity contribution in [2.24, 2.45) is 0 Å². The Bertz CT molecular complexity index is 1130. The molecule has 0 saturated carbocycles. The van der Waals surface area contributed by atoms with E-state index in [1.807, 2.05) is 0 Å². The zero-order valence-corrected chi connectivity index (χ0v) is 18.7. The highest BCUT2D eigenvalue weighted by molar-refractivity contribution is 7.16. The highest BCUT2D eigenvalue weighted by Gasteiger charge is 2.41. The van der Waals surface area contributed by atoms with Gasteiger partial charge in [-0.2, -0.15) is 5.26 Å². The fourth-order valence-electron chi connectivity index (χ4n) is 5.32. The van der Waals surface area contributed by atoms with E-state index < -0.39 is 0 Å². The van der Waals surface area contributed by atoms with Crippen LogP contribution in [0.5, 0.6) is 0 Å². The molecule has 1 amide bonds. The van der Waals surface area contributed by atoms with Crippen LogP contribution in [0.25, 0.3) is 0 Å². The number of carbonyl (C=O) groups is 2. The third-order valence-electron chi connectivity index (χ3n) is 6.93. The van der Waals surface area contributed by atoms with Crippen molar-refractivity contribution in [3.05, 3.63) is 62.7 Å². The van der Waals surface area contributed by atoms with E-state index in [1.165, 1.54) is 10.4 Å². The van der Waals surface area contributed by atoms with E-state index in [1.54, 1.807) is 16.2 Å². The number of ketones is 1. The molecule has 0 saturated heterocycles. The van der Waals surface area contributed by atoms with E-state index in [0.717, 1.165) is 65.9 Å². The lowest BCUT2D eigenvalue weighted by Gasteiger charge is -2.37. The first-order valence-corrected chi connectivity index (χ1v) is 12.2. The Morgan fingerprint density at radius 1 is 1.06 bits per heavy atom. The molecule has 2 heterocycles. The molecule has 0 spiro atoms. The number of carbonyl (C=O) groups excluding carboxylic acids is 2. The molecule has 158 valence electrons. The van der Waals surface area contributed by atoms with Crippen LogP contribution in [0.15, 0.2) is 35.5 Å². The molecular formula is C26H26N2O2S. The minimum Gasteiger partial charge on any atom is -0.294 e. The fraction of sp³-hybridized carbons (Fsp3) is 0.423. The number of hydrogen-bond donors (Lipinski definition) is 0. The SMILES string of the molecule is CCc1ccc([C@H]2CC(=O)N(c3sc4c(c3C#N)CCCC4)C3=C2C(=O)CCC3)cc1. The maximum atomic E-state index is 13.5. The number of thiophene rings is 1. The van der Waals surface area contributed by atoms with E-state index in [4.69, 9.17) is 0 Å². The summed E-state index contributed by atoms with van der Waals surface area (Å²) >= 11 is 1.59. The van der Waals surface area contributed by atoms with Gasteiger partial charge in [-0.05, 0) is 61.6 Å². The molecule has 0 radical (unpaired) electrons. The van der Waals surface area contributed by atoms with Crippen molar-refractivity contribution < 1.29 is 9.59 Å². The van der Waals surface area contributed by atoms with Crippen molar-refractivity contribution in [2.45, 2.75) is 70.6 Å². The van der Waals surface area contributed by atoms with Crippen molar-refractivity contribution in [1.82, 2.24) is 0 Å². The van der Waals surface area contributed by atoms with Gasteiger partial charge in [-0.3, -0.25) is 14.5 Å². The average molecular weight is 431 g/mol. The summed E-state index contributed by atoms with van der Waals surface area (Å²) < 4.78 is 0. The molecule has 2 aliphatic carbocycles. The third kappa shape index (κ3) is 3.34. The molecule has 1 aliphatic heterocycles. The molecule has 2 aromatic rings. The van der Waals surface area contributed by atoms with Gasteiger partial charge in [0.1, 0.15) is 11.1 Å². The van der Waals surface area contributed by atoms with Crippen LogP contribution >= 0.6 is 11.3 Å². The number of allylic oxidation sites excluding steroid dienone is 2. The third-order valence-corrected chi connectivity index (χ3v) is 8.21. The molecule has 5 heteroatoms. The summed E-state index contributed by atoms with van der Waals surface area (Å²) in [6.07, 6.45) is 7.37. The predicted octanol–water partition coefficient (Wildman–Crippen LogP) is 5.59. The highest BCUT2D eigenvalue weighted by atomic mass is 32.1. The molecule has 1 atom stereocenters. The summed E-state index contributed by atoms with van der Waals surface area (Å²) in [5.41, 5.74) is 5.71. The Balaban J connectivity index is 1.64. The molecular weight excluding hydrogens is 404 g/mol. The molecule has 0 unspecified atom stereocenters. The minimum atomic E-state index is -0.183. The van der Waals surface area contributed by atoms with Gasteiger partial charge in [-0.15, -0.1) is 11.3 Å².